The topological polar surface area (TPSA) is 86.8 Å². The molecule has 0 saturated carbocycles. The third-order valence-corrected chi connectivity index (χ3v) is 8.01. The zero-order chi connectivity index (χ0) is 27.2. The molecule has 2 amide bonds. The van der Waals surface area contributed by atoms with Gasteiger partial charge in [0.1, 0.15) is 12.6 Å². The summed E-state index contributed by atoms with van der Waals surface area (Å²) >= 11 is 6.15. The summed E-state index contributed by atoms with van der Waals surface area (Å²) in [5.74, 6) is -0.846. The summed E-state index contributed by atoms with van der Waals surface area (Å²) in [5.41, 5.74) is 2.69. The molecule has 3 aromatic carbocycles. The molecule has 3 aromatic rings. The van der Waals surface area contributed by atoms with Crippen LogP contribution in [0.1, 0.15) is 30.5 Å². The van der Waals surface area contributed by atoms with Crippen LogP contribution in [0.2, 0.25) is 5.02 Å². The Morgan fingerprint density at radius 3 is 2.32 bits per heavy atom. The molecule has 0 radical (unpaired) electrons. The van der Waals surface area contributed by atoms with Gasteiger partial charge in [0.25, 0.3) is 10.0 Å². The third-order valence-electron chi connectivity index (χ3n) is 6.00. The first-order valence-corrected chi connectivity index (χ1v) is 13.8. The number of hydrogen-bond donors (Lipinski definition) is 1. The van der Waals surface area contributed by atoms with Crippen LogP contribution < -0.4 is 9.62 Å². The van der Waals surface area contributed by atoms with Crippen LogP contribution in [-0.4, -0.2) is 44.3 Å². The average Bonchev–Trinajstić information content (AvgIpc) is 2.87. The number of anilines is 1. The van der Waals surface area contributed by atoms with Gasteiger partial charge in [-0.05, 0) is 74.7 Å². The lowest BCUT2D eigenvalue weighted by Gasteiger charge is -2.32. The van der Waals surface area contributed by atoms with Crippen LogP contribution in [0.5, 0.6) is 0 Å². The number of likely N-dealkylation sites (N-methyl/N-ethyl adjacent to an activating group) is 1. The van der Waals surface area contributed by atoms with Crippen LogP contribution in [0.3, 0.4) is 0 Å². The number of sulfonamides is 1. The summed E-state index contributed by atoms with van der Waals surface area (Å²) in [5, 5.41) is 3.24. The molecular weight excluding hydrogens is 510 g/mol. The monoisotopic (exact) mass is 541 g/mol. The molecule has 1 atom stereocenters. The van der Waals surface area contributed by atoms with Crippen molar-refractivity contribution in [2.45, 2.75) is 45.2 Å². The van der Waals surface area contributed by atoms with E-state index in [4.69, 9.17) is 11.6 Å². The van der Waals surface area contributed by atoms with Gasteiger partial charge in [0.2, 0.25) is 11.8 Å². The molecule has 196 valence electrons. The highest BCUT2D eigenvalue weighted by atomic mass is 35.5. The number of hydrogen-bond acceptors (Lipinski definition) is 4. The van der Waals surface area contributed by atoms with Crippen molar-refractivity contribution in [3.05, 3.63) is 94.5 Å². The molecule has 3 rings (SSSR count). The fourth-order valence-corrected chi connectivity index (χ4v) is 5.66. The molecule has 0 bridgehead atoms. The Morgan fingerprint density at radius 1 is 0.973 bits per heavy atom. The average molecular weight is 542 g/mol. The highest BCUT2D eigenvalue weighted by Gasteiger charge is 2.33. The van der Waals surface area contributed by atoms with Crippen molar-refractivity contribution in [2.24, 2.45) is 0 Å². The van der Waals surface area contributed by atoms with E-state index in [1.807, 2.05) is 19.1 Å². The van der Waals surface area contributed by atoms with Crippen LogP contribution >= 0.6 is 11.6 Å². The fourth-order valence-electron chi connectivity index (χ4n) is 3.96. The minimum Gasteiger partial charge on any atom is -0.355 e. The normalized spacial score (nSPS) is 12.0. The smallest absolute Gasteiger partial charge is 0.264 e. The highest BCUT2D eigenvalue weighted by molar-refractivity contribution is 7.92. The zero-order valence-corrected chi connectivity index (χ0v) is 23.0. The van der Waals surface area contributed by atoms with E-state index in [0.717, 1.165) is 15.4 Å². The molecule has 0 aliphatic carbocycles. The summed E-state index contributed by atoms with van der Waals surface area (Å²) in [4.78, 5) is 28.1. The minimum absolute atomic E-state index is 0.0712. The Hall–Kier alpha value is -3.36. The Labute approximate surface area is 224 Å². The molecular formula is C28H32ClN3O4S. The van der Waals surface area contributed by atoms with Crippen molar-refractivity contribution < 1.29 is 18.0 Å². The second kappa shape index (κ2) is 12.3. The van der Waals surface area contributed by atoms with E-state index < -0.39 is 28.5 Å². The molecule has 0 saturated heterocycles. The predicted molar refractivity (Wildman–Crippen MR) is 147 cm³/mol. The fraction of sp³-hybridized carbons (Fsp3) is 0.286. The van der Waals surface area contributed by atoms with Gasteiger partial charge in [0.05, 0.1) is 10.6 Å². The number of aryl methyl sites for hydroxylation is 2. The van der Waals surface area contributed by atoms with Crippen molar-refractivity contribution in [1.29, 1.82) is 0 Å². The van der Waals surface area contributed by atoms with Crippen LogP contribution in [-0.2, 0) is 26.2 Å². The van der Waals surface area contributed by atoms with Gasteiger partial charge < -0.3 is 10.2 Å². The lowest BCUT2D eigenvalue weighted by Crippen LogP contribution is -2.51. The van der Waals surface area contributed by atoms with Crippen LogP contribution in [0.25, 0.3) is 0 Å². The molecule has 0 fully saturated rings. The number of carbonyl (C=O) groups is 2. The second-order valence-corrected chi connectivity index (χ2v) is 11.1. The van der Waals surface area contributed by atoms with E-state index in [1.165, 1.54) is 17.0 Å². The Morgan fingerprint density at radius 2 is 1.68 bits per heavy atom. The maximum Gasteiger partial charge on any atom is 0.264 e. The van der Waals surface area contributed by atoms with E-state index >= 15 is 0 Å². The molecule has 0 spiro atoms. The summed E-state index contributed by atoms with van der Waals surface area (Å²) in [7, 11) is -4.09. The standard InChI is InChI=1S/C28H32ClN3O4S/c1-5-30-28(34)22(4)31(18-23-10-9-11-24(29)17-23)27(33)19-32(26-16-20(2)14-15-21(26)3)37(35,36)25-12-7-6-8-13-25/h6-17,22H,5,18-19H2,1-4H3,(H,30,34). The molecule has 1 unspecified atom stereocenters. The van der Waals surface area contributed by atoms with Crippen molar-refractivity contribution in [1.82, 2.24) is 10.2 Å². The number of carbonyl (C=O) groups excluding carboxylic acids is 2. The van der Waals surface area contributed by atoms with Gasteiger partial charge in [-0.3, -0.25) is 13.9 Å². The molecule has 0 aliphatic rings. The number of halogens is 1. The quantitative estimate of drug-likeness (QED) is 0.403. The SMILES string of the molecule is CCNC(=O)C(C)N(Cc1cccc(Cl)c1)C(=O)CN(c1cc(C)ccc1C)S(=O)(=O)c1ccccc1. The first kappa shape index (κ1) is 28.2. The van der Waals surface area contributed by atoms with E-state index in [2.05, 4.69) is 5.32 Å². The molecule has 9 heteroatoms. The van der Waals surface area contributed by atoms with Gasteiger partial charge in [-0.15, -0.1) is 0 Å². The van der Waals surface area contributed by atoms with Crippen LogP contribution in [0.4, 0.5) is 5.69 Å². The van der Waals surface area contributed by atoms with Gasteiger partial charge in [-0.25, -0.2) is 8.42 Å². The Balaban J connectivity index is 2.06. The predicted octanol–water partition coefficient (Wildman–Crippen LogP) is 4.71. The molecule has 7 nitrogen and oxygen atoms in total. The maximum atomic E-state index is 13.8. The van der Waals surface area contributed by atoms with Gasteiger partial charge >= 0.3 is 0 Å². The van der Waals surface area contributed by atoms with Crippen molar-refractivity contribution >= 4 is 39.1 Å². The summed E-state index contributed by atoms with van der Waals surface area (Å²) in [6.07, 6.45) is 0. The van der Waals surface area contributed by atoms with Crippen molar-refractivity contribution in [2.75, 3.05) is 17.4 Å². The summed E-state index contributed by atoms with van der Waals surface area (Å²) in [6, 6.07) is 19.6. The second-order valence-electron chi connectivity index (χ2n) is 8.84. The number of nitrogens with one attached hydrogen (secondary N) is 1. The molecule has 37 heavy (non-hydrogen) atoms. The van der Waals surface area contributed by atoms with Gasteiger partial charge in [0.15, 0.2) is 0 Å². The number of nitrogens with zero attached hydrogens (tertiary/aromatic N) is 2. The minimum atomic E-state index is -4.09. The Bertz CT molecular complexity index is 1360. The van der Waals surface area contributed by atoms with Crippen molar-refractivity contribution in [3.63, 3.8) is 0 Å². The highest BCUT2D eigenvalue weighted by Crippen LogP contribution is 2.28. The largest absolute Gasteiger partial charge is 0.355 e. The first-order chi connectivity index (χ1) is 17.5. The molecule has 0 heterocycles. The van der Waals surface area contributed by atoms with Gasteiger partial charge in [-0.1, -0.05) is 54.1 Å². The van der Waals surface area contributed by atoms with Gasteiger partial charge in [-0.2, -0.15) is 0 Å². The number of benzene rings is 3. The van der Waals surface area contributed by atoms with E-state index in [0.29, 0.717) is 22.8 Å². The van der Waals surface area contributed by atoms with E-state index in [9.17, 15) is 18.0 Å². The molecule has 1 N–H and O–H groups in total. The van der Waals surface area contributed by atoms with Crippen molar-refractivity contribution in [3.8, 4) is 0 Å². The Kier molecular flexibility index (Phi) is 9.34. The first-order valence-electron chi connectivity index (χ1n) is 12.0. The maximum absolute atomic E-state index is 13.8. The summed E-state index contributed by atoms with van der Waals surface area (Å²) < 4.78 is 28.8. The van der Waals surface area contributed by atoms with Crippen LogP contribution in [0.15, 0.2) is 77.7 Å². The van der Waals surface area contributed by atoms with Crippen LogP contribution in [0, 0.1) is 13.8 Å². The summed E-state index contributed by atoms with van der Waals surface area (Å²) in [6.45, 7) is 7.09. The third kappa shape index (κ3) is 6.90. The van der Waals surface area contributed by atoms with E-state index in [-0.39, 0.29) is 17.3 Å². The lowest BCUT2D eigenvalue weighted by molar-refractivity contribution is -0.139. The van der Waals surface area contributed by atoms with Gasteiger partial charge in [0, 0.05) is 18.1 Å². The lowest BCUT2D eigenvalue weighted by atomic mass is 10.1. The van der Waals surface area contributed by atoms with E-state index in [1.54, 1.807) is 69.3 Å². The number of rotatable bonds is 10. The molecule has 0 aromatic heterocycles. The molecule has 0 aliphatic heterocycles. The zero-order valence-electron chi connectivity index (χ0n) is 21.4. The number of amides is 2.